The minimum Gasteiger partial charge on any atom is -0.469 e. The van der Waals surface area contributed by atoms with Gasteiger partial charge in [-0.15, -0.1) is 11.3 Å². The molecule has 0 aliphatic heterocycles. The molecular weight excluding hydrogens is 267 g/mol. The molecule has 98 valence electrons. The Kier molecular flexibility index (Phi) is 3.45. The molecule has 0 amide bonds. The van der Waals surface area contributed by atoms with Crippen LogP contribution < -0.4 is 0 Å². The summed E-state index contributed by atoms with van der Waals surface area (Å²) in [5.74, 6) is 0.560. The highest BCUT2D eigenvalue weighted by Crippen LogP contribution is 2.36. The molecule has 0 saturated carbocycles. The Morgan fingerprint density at radius 1 is 1.50 bits per heavy atom. The van der Waals surface area contributed by atoms with E-state index in [-0.39, 0.29) is 4.88 Å². The molecule has 2 aromatic heterocycles. The van der Waals surface area contributed by atoms with Gasteiger partial charge in [-0.2, -0.15) is 13.2 Å². The van der Waals surface area contributed by atoms with Crippen LogP contribution in [0.3, 0.4) is 0 Å². The van der Waals surface area contributed by atoms with Crippen molar-refractivity contribution in [2.24, 2.45) is 0 Å². The number of alkyl halides is 3. The summed E-state index contributed by atoms with van der Waals surface area (Å²) >= 11 is 0.438. The predicted octanol–water partition coefficient (Wildman–Crippen LogP) is 3.40. The number of aliphatic hydroxyl groups is 1. The van der Waals surface area contributed by atoms with E-state index in [1.165, 1.54) is 6.26 Å². The fourth-order valence-electron chi connectivity index (χ4n) is 1.58. The first kappa shape index (κ1) is 13.1. The summed E-state index contributed by atoms with van der Waals surface area (Å²) in [5.41, 5.74) is 0.481. The van der Waals surface area contributed by atoms with Gasteiger partial charge in [0.2, 0.25) is 0 Å². The molecular formula is C11H10F3NO2S. The van der Waals surface area contributed by atoms with E-state index < -0.39 is 17.3 Å². The van der Waals surface area contributed by atoms with Gasteiger partial charge in [0.15, 0.2) is 5.01 Å². The van der Waals surface area contributed by atoms with E-state index in [0.717, 1.165) is 6.20 Å². The van der Waals surface area contributed by atoms with Crippen LogP contribution in [0.15, 0.2) is 22.9 Å². The van der Waals surface area contributed by atoms with Gasteiger partial charge in [0.1, 0.15) is 11.9 Å². The fraction of sp³-hybridized carbons (Fsp3) is 0.364. The van der Waals surface area contributed by atoms with Gasteiger partial charge in [0.25, 0.3) is 0 Å². The number of aliphatic hydroxyl groups excluding tert-OH is 1. The van der Waals surface area contributed by atoms with Crippen LogP contribution in [0.5, 0.6) is 0 Å². The van der Waals surface area contributed by atoms with Crippen LogP contribution in [0.4, 0.5) is 13.2 Å². The summed E-state index contributed by atoms with van der Waals surface area (Å²) in [6.07, 6.45) is -2.60. The number of thiazole rings is 1. The minimum atomic E-state index is -4.48. The first-order chi connectivity index (χ1) is 8.43. The van der Waals surface area contributed by atoms with E-state index in [4.69, 9.17) is 4.42 Å². The average Bonchev–Trinajstić information content (AvgIpc) is 2.96. The summed E-state index contributed by atoms with van der Waals surface area (Å²) < 4.78 is 42.3. The van der Waals surface area contributed by atoms with E-state index >= 15 is 0 Å². The van der Waals surface area contributed by atoms with Crippen LogP contribution in [-0.2, 0) is 12.6 Å². The molecule has 0 spiro atoms. The van der Waals surface area contributed by atoms with Gasteiger partial charge in [-0.3, -0.25) is 0 Å². The first-order valence-electron chi connectivity index (χ1n) is 5.20. The molecule has 2 heterocycles. The number of aryl methyl sites for hydroxylation is 1. The second-order valence-corrected chi connectivity index (χ2v) is 4.68. The maximum absolute atomic E-state index is 12.4. The van der Waals surface area contributed by atoms with Gasteiger partial charge >= 0.3 is 6.18 Å². The number of nitrogens with zero attached hydrogens (tertiary/aromatic N) is 1. The zero-order valence-electron chi connectivity index (χ0n) is 9.36. The van der Waals surface area contributed by atoms with Gasteiger partial charge < -0.3 is 9.52 Å². The summed E-state index contributed by atoms with van der Waals surface area (Å²) in [7, 11) is 0. The van der Waals surface area contributed by atoms with Crippen molar-refractivity contribution in [1.29, 1.82) is 0 Å². The normalized spacial score (nSPS) is 13.8. The highest BCUT2D eigenvalue weighted by Gasteiger charge is 2.35. The Morgan fingerprint density at radius 2 is 2.22 bits per heavy atom. The third-order valence-electron chi connectivity index (χ3n) is 2.43. The van der Waals surface area contributed by atoms with Crippen molar-refractivity contribution in [2.45, 2.75) is 25.6 Å². The molecule has 18 heavy (non-hydrogen) atoms. The van der Waals surface area contributed by atoms with E-state index in [1.54, 1.807) is 6.07 Å². The lowest BCUT2D eigenvalue weighted by atomic mass is 10.1. The standard InChI is InChI=1S/C11H10F3NO2S/c1-2-7-6(3-4-17-7)9(16)8-5-15-10(18-8)11(12,13)14/h3-5,9,16H,2H2,1H3. The largest absolute Gasteiger partial charge is 0.469 e. The third-order valence-corrected chi connectivity index (χ3v) is 3.53. The molecule has 2 rings (SSSR count). The molecule has 0 aromatic carbocycles. The molecule has 2 aromatic rings. The number of hydrogen-bond acceptors (Lipinski definition) is 4. The first-order valence-corrected chi connectivity index (χ1v) is 6.02. The van der Waals surface area contributed by atoms with E-state index in [1.807, 2.05) is 6.92 Å². The van der Waals surface area contributed by atoms with Crippen molar-refractivity contribution >= 4 is 11.3 Å². The second-order valence-electron chi connectivity index (χ2n) is 3.62. The van der Waals surface area contributed by atoms with Crippen molar-refractivity contribution in [1.82, 2.24) is 4.98 Å². The summed E-state index contributed by atoms with van der Waals surface area (Å²) in [4.78, 5) is 3.43. The maximum Gasteiger partial charge on any atom is 0.443 e. The Bertz CT molecular complexity index is 532. The average molecular weight is 277 g/mol. The number of furan rings is 1. The SMILES string of the molecule is CCc1occc1C(O)c1cnc(C(F)(F)F)s1. The van der Waals surface area contributed by atoms with Gasteiger partial charge in [-0.05, 0) is 6.07 Å². The lowest BCUT2D eigenvalue weighted by Gasteiger charge is -2.07. The van der Waals surface area contributed by atoms with E-state index in [0.29, 0.717) is 29.1 Å². The van der Waals surface area contributed by atoms with Gasteiger partial charge in [-0.1, -0.05) is 6.92 Å². The molecule has 1 unspecified atom stereocenters. The maximum atomic E-state index is 12.4. The van der Waals surface area contributed by atoms with Crippen molar-refractivity contribution < 1.29 is 22.7 Å². The minimum absolute atomic E-state index is 0.151. The van der Waals surface area contributed by atoms with E-state index in [9.17, 15) is 18.3 Å². The van der Waals surface area contributed by atoms with Gasteiger partial charge in [-0.25, -0.2) is 4.98 Å². The van der Waals surface area contributed by atoms with Crippen LogP contribution in [-0.4, -0.2) is 10.1 Å². The molecule has 0 bridgehead atoms. The quantitative estimate of drug-likeness (QED) is 0.935. The van der Waals surface area contributed by atoms with Gasteiger partial charge in [0, 0.05) is 18.2 Å². The summed E-state index contributed by atoms with van der Waals surface area (Å²) in [6, 6.07) is 1.55. The number of halogens is 3. The second kappa shape index (κ2) is 4.74. The Balaban J connectivity index is 2.29. The van der Waals surface area contributed by atoms with Crippen LogP contribution in [0.1, 0.15) is 34.2 Å². The van der Waals surface area contributed by atoms with Crippen LogP contribution in [0.25, 0.3) is 0 Å². The molecule has 7 heteroatoms. The lowest BCUT2D eigenvalue weighted by molar-refractivity contribution is -0.137. The monoisotopic (exact) mass is 277 g/mol. The van der Waals surface area contributed by atoms with Gasteiger partial charge in [0.05, 0.1) is 11.1 Å². The lowest BCUT2D eigenvalue weighted by Crippen LogP contribution is -2.03. The smallest absolute Gasteiger partial charge is 0.443 e. The highest BCUT2D eigenvalue weighted by atomic mass is 32.1. The highest BCUT2D eigenvalue weighted by molar-refractivity contribution is 7.11. The number of aromatic nitrogens is 1. The molecule has 0 radical (unpaired) electrons. The number of hydrogen-bond donors (Lipinski definition) is 1. The number of rotatable bonds is 3. The Hall–Kier alpha value is -1.34. The zero-order chi connectivity index (χ0) is 13.3. The molecule has 0 fully saturated rings. The molecule has 1 atom stereocenters. The van der Waals surface area contributed by atoms with Crippen LogP contribution in [0.2, 0.25) is 0 Å². The van der Waals surface area contributed by atoms with Crippen molar-refractivity contribution in [3.63, 3.8) is 0 Å². The summed E-state index contributed by atoms with van der Waals surface area (Å²) in [5, 5.41) is 9.05. The van der Waals surface area contributed by atoms with Crippen molar-refractivity contribution in [3.05, 3.63) is 39.7 Å². The molecule has 0 aliphatic carbocycles. The van der Waals surface area contributed by atoms with E-state index in [2.05, 4.69) is 4.98 Å². The predicted molar refractivity (Wildman–Crippen MR) is 59.3 cm³/mol. The molecule has 3 nitrogen and oxygen atoms in total. The molecule has 0 aliphatic rings. The summed E-state index contributed by atoms with van der Waals surface area (Å²) in [6.45, 7) is 1.84. The topological polar surface area (TPSA) is 46.3 Å². The van der Waals surface area contributed by atoms with Crippen molar-refractivity contribution in [3.8, 4) is 0 Å². The van der Waals surface area contributed by atoms with Crippen LogP contribution in [0, 0.1) is 0 Å². The fourth-order valence-corrected chi connectivity index (χ4v) is 2.37. The van der Waals surface area contributed by atoms with Crippen molar-refractivity contribution in [2.75, 3.05) is 0 Å². The molecule has 1 N–H and O–H groups in total. The Morgan fingerprint density at radius 3 is 2.78 bits per heavy atom. The third kappa shape index (κ3) is 2.41. The molecule has 0 saturated heterocycles. The van der Waals surface area contributed by atoms with Crippen LogP contribution >= 0.6 is 11.3 Å². The Labute approximate surface area is 105 Å². The zero-order valence-corrected chi connectivity index (χ0v) is 10.2.